The Morgan fingerprint density at radius 1 is 1.56 bits per heavy atom. The van der Waals surface area contributed by atoms with Crippen LogP contribution in [0.3, 0.4) is 0 Å². The fourth-order valence-electron chi connectivity index (χ4n) is 2.82. The molecule has 2 aromatic heterocycles. The number of halogens is 1. The molecule has 5 heteroatoms. The molecule has 0 radical (unpaired) electrons. The number of rotatable bonds is 2. The van der Waals surface area contributed by atoms with E-state index >= 15 is 0 Å². The molecule has 0 bridgehead atoms. The number of thiophene rings is 1. The van der Waals surface area contributed by atoms with Gasteiger partial charge in [-0.1, -0.05) is 11.6 Å². The smallest absolute Gasteiger partial charge is 0.141 e. The highest BCUT2D eigenvalue weighted by molar-refractivity contribution is 7.19. The van der Waals surface area contributed by atoms with Crippen molar-refractivity contribution in [3.05, 3.63) is 21.9 Å². The minimum absolute atomic E-state index is 0.214. The van der Waals surface area contributed by atoms with Crippen LogP contribution >= 0.6 is 22.9 Å². The summed E-state index contributed by atoms with van der Waals surface area (Å²) in [6.07, 6.45) is 5.38. The molecule has 2 heterocycles. The molecule has 3 nitrogen and oxygen atoms in total. The molecule has 1 N–H and O–H groups in total. The van der Waals surface area contributed by atoms with Crippen LogP contribution in [-0.4, -0.2) is 21.2 Å². The first-order chi connectivity index (χ1) is 8.65. The van der Waals surface area contributed by atoms with E-state index in [0.717, 1.165) is 35.9 Å². The predicted molar refractivity (Wildman–Crippen MR) is 74.2 cm³/mol. The van der Waals surface area contributed by atoms with E-state index in [1.807, 2.05) is 6.92 Å². The summed E-state index contributed by atoms with van der Waals surface area (Å²) in [7, 11) is 0. The molecule has 0 aromatic carbocycles. The van der Waals surface area contributed by atoms with E-state index in [-0.39, 0.29) is 6.10 Å². The third-order valence-electron chi connectivity index (χ3n) is 3.58. The zero-order chi connectivity index (χ0) is 12.7. The van der Waals surface area contributed by atoms with Crippen LogP contribution in [0.1, 0.15) is 30.2 Å². The Morgan fingerprint density at radius 2 is 2.39 bits per heavy atom. The van der Waals surface area contributed by atoms with Crippen LogP contribution in [-0.2, 0) is 12.8 Å². The second kappa shape index (κ2) is 4.76. The maximum Gasteiger partial charge on any atom is 0.141 e. The van der Waals surface area contributed by atoms with Gasteiger partial charge in [0.1, 0.15) is 16.3 Å². The lowest BCUT2D eigenvalue weighted by molar-refractivity contribution is 0.156. The lowest BCUT2D eigenvalue weighted by Gasteiger charge is -2.23. The van der Waals surface area contributed by atoms with Crippen molar-refractivity contribution in [2.24, 2.45) is 5.92 Å². The summed E-state index contributed by atoms with van der Waals surface area (Å²) >= 11 is 7.90. The summed E-state index contributed by atoms with van der Waals surface area (Å²) in [6.45, 7) is 1.86. The maximum atomic E-state index is 9.50. The van der Waals surface area contributed by atoms with Crippen LogP contribution in [0, 0.1) is 5.92 Å². The molecule has 3 rings (SSSR count). The van der Waals surface area contributed by atoms with Crippen LogP contribution < -0.4 is 0 Å². The van der Waals surface area contributed by atoms with Crippen molar-refractivity contribution in [2.45, 2.75) is 38.7 Å². The van der Waals surface area contributed by atoms with Crippen molar-refractivity contribution >= 4 is 33.2 Å². The van der Waals surface area contributed by atoms with Crippen LogP contribution in [0.15, 0.2) is 6.33 Å². The van der Waals surface area contributed by atoms with E-state index in [9.17, 15) is 5.11 Å². The first kappa shape index (κ1) is 12.3. The summed E-state index contributed by atoms with van der Waals surface area (Å²) in [5, 5.41) is 11.1. The largest absolute Gasteiger partial charge is 0.393 e. The van der Waals surface area contributed by atoms with Crippen molar-refractivity contribution in [2.75, 3.05) is 0 Å². The van der Waals surface area contributed by atoms with Gasteiger partial charge in [-0.05, 0) is 44.1 Å². The van der Waals surface area contributed by atoms with Crippen molar-refractivity contribution in [1.82, 2.24) is 9.97 Å². The van der Waals surface area contributed by atoms with Gasteiger partial charge < -0.3 is 5.11 Å². The minimum Gasteiger partial charge on any atom is -0.393 e. The maximum absolute atomic E-state index is 9.50. The number of aryl methyl sites for hydroxylation is 1. The van der Waals surface area contributed by atoms with Crippen molar-refractivity contribution in [3.63, 3.8) is 0 Å². The van der Waals surface area contributed by atoms with Crippen LogP contribution in [0.25, 0.3) is 10.2 Å². The Bertz CT molecular complexity index is 582. The Kier molecular flexibility index (Phi) is 3.26. The second-order valence-electron chi connectivity index (χ2n) is 5.04. The summed E-state index contributed by atoms with van der Waals surface area (Å²) in [6, 6.07) is 0. The van der Waals surface area contributed by atoms with Crippen molar-refractivity contribution in [1.29, 1.82) is 0 Å². The first-order valence-electron chi connectivity index (χ1n) is 6.24. The number of aliphatic hydroxyl groups excluding tert-OH is 1. The number of aromatic nitrogens is 2. The van der Waals surface area contributed by atoms with Crippen LogP contribution in [0.4, 0.5) is 0 Å². The average Bonchev–Trinajstić information content (AvgIpc) is 2.66. The molecule has 18 heavy (non-hydrogen) atoms. The Labute approximate surface area is 115 Å². The lowest BCUT2D eigenvalue weighted by atomic mass is 9.85. The summed E-state index contributed by atoms with van der Waals surface area (Å²) < 4.78 is 0. The summed E-state index contributed by atoms with van der Waals surface area (Å²) in [5.41, 5.74) is 1.34. The van der Waals surface area contributed by atoms with Crippen LogP contribution in [0.5, 0.6) is 0 Å². The number of nitrogens with zero attached hydrogens (tertiary/aromatic N) is 2. The molecular weight excluding hydrogens is 268 g/mol. The monoisotopic (exact) mass is 282 g/mol. The molecule has 0 saturated heterocycles. The van der Waals surface area contributed by atoms with Gasteiger partial charge in [-0.3, -0.25) is 0 Å². The topological polar surface area (TPSA) is 46.0 Å². The van der Waals surface area contributed by atoms with Gasteiger partial charge in [0.25, 0.3) is 0 Å². The van der Waals surface area contributed by atoms with E-state index in [2.05, 4.69) is 9.97 Å². The highest BCUT2D eigenvalue weighted by Gasteiger charge is 2.25. The van der Waals surface area contributed by atoms with E-state index in [4.69, 9.17) is 11.6 Å². The average molecular weight is 283 g/mol. The molecule has 0 aliphatic heterocycles. The second-order valence-corrected chi connectivity index (χ2v) is 6.48. The molecule has 0 amide bonds. The van der Waals surface area contributed by atoms with E-state index in [1.54, 1.807) is 11.3 Å². The molecule has 1 aliphatic rings. The fraction of sp³-hybridized carbons (Fsp3) is 0.538. The minimum atomic E-state index is -0.214. The Balaban J connectivity index is 1.98. The SMILES string of the molecule is CC(O)C[C@@H]1CCc2c(sc3ncnc(Cl)c23)C1. The highest BCUT2D eigenvalue weighted by atomic mass is 35.5. The first-order valence-corrected chi connectivity index (χ1v) is 7.43. The van der Waals surface area contributed by atoms with Gasteiger partial charge in [-0.25, -0.2) is 9.97 Å². The zero-order valence-corrected chi connectivity index (χ0v) is 11.8. The van der Waals surface area contributed by atoms with E-state index in [1.165, 1.54) is 16.8 Å². The van der Waals surface area contributed by atoms with Gasteiger partial charge in [-0.2, -0.15) is 0 Å². The van der Waals surface area contributed by atoms with E-state index < -0.39 is 0 Å². The molecule has 0 spiro atoms. The van der Waals surface area contributed by atoms with Crippen LogP contribution in [0.2, 0.25) is 5.15 Å². The number of hydrogen-bond acceptors (Lipinski definition) is 4. The third kappa shape index (κ3) is 2.13. The highest BCUT2D eigenvalue weighted by Crippen LogP contribution is 2.40. The van der Waals surface area contributed by atoms with E-state index in [0.29, 0.717) is 11.1 Å². The van der Waals surface area contributed by atoms with Gasteiger partial charge in [0.05, 0.1) is 11.5 Å². The number of aliphatic hydroxyl groups is 1. The van der Waals surface area contributed by atoms with Gasteiger partial charge in [0, 0.05) is 4.88 Å². The molecule has 2 atom stereocenters. The Morgan fingerprint density at radius 3 is 3.17 bits per heavy atom. The number of hydrogen-bond donors (Lipinski definition) is 1. The fourth-order valence-corrected chi connectivity index (χ4v) is 4.43. The standard InChI is InChI=1S/C13H15ClN2OS/c1-7(17)4-8-2-3-9-10(5-8)18-13-11(9)12(14)15-6-16-13/h6-8,17H,2-5H2,1H3/t7?,8-/m0/s1. The molecule has 1 aliphatic carbocycles. The van der Waals surface area contributed by atoms with Gasteiger partial charge in [0.2, 0.25) is 0 Å². The quantitative estimate of drug-likeness (QED) is 0.860. The normalized spacial score (nSPS) is 20.9. The van der Waals surface area contributed by atoms with Crippen molar-refractivity contribution < 1.29 is 5.11 Å². The van der Waals surface area contributed by atoms with Gasteiger partial charge in [-0.15, -0.1) is 11.3 Å². The van der Waals surface area contributed by atoms with Gasteiger partial charge >= 0.3 is 0 Å². The Hall–Kier alpha value is -0.710. The summed E-state index contributed by atoms with van der Waals surface area (Å²) in [5.74, 6) is 0.581. The third-order valence-corrected chi connectivity index (χ3v) is 5.02. The molecular formula is C13H15ClN2OS. The molecule has 96 valence electrons. The zero-order valence-electron chi connectivity index (χ0n) is 10.2. The molecule has 0 saturated carbocycles. The van der Waals surface area contributed by atoms with Gasteiger partial charge in [0.15, 0.2) is 0 Å². The summed E-state index contributed by atoms with van der Waals surface area (Å²) in [4.78, 5) is 10.8. The number of fused-ring (bicyclic) bond motifs is 3. The molecule has 1 unspecified atom stereocenters. The molecule has 2 aromatic rings. The van der Waals surface area contributed by atoms with Crippen molar-refractivity contribution in [3.8, 4) is 0 Å². The molecule has 0 fully saturated rings. The predicted octanol–water partition coefficient (Wildman–Crippen LogP) is 3.22. The lowest BCUT2D eigenvalue weighted by Crippen LogP contribution is -2.17.